The van der Waals surface area contributed by atoms with Gasteiger partial charge in [0.1, 0.15) is 6.07 Å². The number of benzene rings is 1. The van der Waals surface area contributed by atoms with Crippen molar-refractivity contribution in [1.82, 2.24) is 14.6 Å². The Morgan fingerprint density at radius 3 is 2.72 bits per heavy atom. The van der Waals surface area contributed by atoms with Crippen LogP contribution in [0.3, 0.4) is 0 Å². The summed E-state index contributed by atoms with van der Waals surface area (Å²) in [6.45, 7) is 0.832. The highest BCUT2D eigenvalue weighted by Gasteiger charge is 2.33. The second-order valence-electron chi connectivity index (χ2n) is 6.71. The van der Waals surface area contributed by atoms with E-state index < -0.39 is 10.0 Å². The van der Waals surface area contributed by atoms with Gasteiger partial charge in [-0.05, 0) is 36.6 Å². The summed E-state index contributed by atoms with van der Waals surface area (Å²) in [5, 5.41) is 12.1. The molecule has 29 heavy (non-hydrogen) atoms. The molecule has 1 aliphatic rings. The number of nitriles is 1. The van der Waals surface area contributed by atoms with Crippen LogP contribution in [0.4, 0.5) is 0 Å². The third kappa shape index (κ3) is 4.72. The number of ether oxygens (including phenoxy) is 1. The highest BCUT2D eigenvalue weighted by atomic mass is 32.2. The molecule has 1 fully saturated rings. The number of rotatable bonds is 6. The fraction of sp³-hybridized carbons (Fsp3) is 0.350. The Morgan fingerprint density at radius 2 is 2.03 bits per heavy atom. The van der Waals surface area contributed by atoms with E-state index in [1.165, 1.54) is 23.5 Å². The predicted octanol–water partition coefficient (Wildman–Crippen LogP) is 1.68. The number of carbonyl (C=O) groups is 1. The molecule has 2 aromatic rings. The molecular weight excluding hydrogens is 392 g/mol. The minimum atomic E-state index is -3.76. The smallest absolute Gasteiger partial charge is 0.244 e. The lowest BCUT2D eigenvalue weighted by Crippen LogP contribution is -2.43. The van der Waals surface area contributed by atoms with E-state index in [1.807, 2.05) is 6.07 Å². The van der Waals surface area contributed by atoms with Crippen LogP contribution in [0.1, 0.15) is 24.0 Å². The van der Waals surface area contributed by atoms with E-state index in [0.717, 1.165) is 5.56 Å². The van der Waals surface area contributed by atoms with Gasteiger partial charge in [-0.25, -0.2) is 13.4 Å². The van der Waals surface area contributed by atoms with Crippen LogP contribution in [0.15, 0.2) is 47.5 Å². The number of piperidine rings is 1. The van der Waals surface area contributed by atoms with E-state index >= 15 is 0 Å². The molecule has 0 bridgehead atoms. The summed E-state index contributed by atoms with van der Waals surface area (Å²) in [6, 6.07) is 11.6. The van der Waals surface area contributed by atoms with Crippen LogP contribution in [0.5, 0.6) is 5.88 Å². The van der Waals surface area contributed by atoms with Gasteiger partial charge in [0.2, 0.25) is 21.8 Å². The van der Waals surface area contributed by atoms with Gasteiger partial charge in [-0.1, -0.05) is 12.1 Å². The molecule has 3 rings (SSSR count). The van der Waals surface area contributed by atoms with Gasteiger partial charge in [0.15, 0.2) is 0 Å². The van der Waals surface area contributed by atoms with Gasteiger partial charge in [0.25, 0.3) is 0 Å². The summed E-state index contributed by atoms with van der Waals surface area (Å²) >= 11 is 0. The van der Waals surface area contributed by atoms with Gasteiger partial charge < -0.3 is 10.1 Å². The average molecular weight is 414 g/mol. The Balaban J connectivity index is 1.58. The number of methoxy groups -OCH3 is 1. The Morgan fingerprint density at radius 1 is 1.31 bits per heavy atom. The van der Waals surface area contributed by atoms with E-state index in [1.54, 1.807) is 30.5 Å². The standard InChI is InChI=1S/C20H22N4O4S/c1-28-19-12-15(6-9-22-19)14-23-20(25)16-7-10-24(11-8-16)29(26,27)18-5-3-2-4-17(18)13-21/h2-6,9,12,16H,7-8,10-11,14H2,1H3,(H,23,25). The van der Waals surface area contributed by atoms with E-state index in [-0.39, 0.29) is 35.4 Å². The molecule has 8 nitrogen and oxygen atoms in total. The highest BCUT2D eigenvalue weighted by Crippen LogP contribution is 2.25. The largest absolute Gasteiger partial charge is 0.481 e. The topological polar surface area (TPSA) is 112 Å². The van der Waals surface area contributed by atoms with Gasteiger partial charge >= 0.3 is 0 Å². The molecule has 1 aliphatic heterocycles. The molecule has 0 aliphatic carbocycles. The average Bonchev–Trinajstić information content (AvgIpc) is 2.77. The fourth-order valence-corrected chi connectivity index (χ4v) is 4.90. The van der Waals surface area contributed by atoms with Gasteiger partial charge in [-0.15, -0.1) is 0 Å². The van der Waals surface area contributed by atoms with Crippen LogP contribution in [0.25, 0.3) is 0 Å². The van der Waals surface area contributed by atoms with Gasteiger partial charge in [-0.3, -0.25) is 4.79 Å². The molecule has 0 saturated carbocycles. The molecule has 1 aromatic carbocycles. The molecule has 1 amide bonds. The molecule has 1 N–H and O–H groups in total. The van der Waals surface area contributed by atoms with Crippen molar-refractivity contribution in [1.29, 1.82) is 5.26 Å². The minimum Gasteiger partial charge on any atom is -0.481 e. The summed E-state index contributed by atoms with van der Waals surface area (Å²) in [5.41, 5.74) is 0.999. The fourth-order valence-electron chi connectivity index (χ4n) is 3.29. The molecule has 0 radical (unpaired) electrons. The number of sulfonamides is 1. The second-order valence-corrected chi connectivity index (χ2v) is 8.62. The predicted molar refractivity (Wildman–Crippen MR) is 105 cm³/mol. The summed E-state index contributed by atoms with van der Waals surface area (Å²) in [5.74, 6) is 0.125. The minimum absolute atomic E-state index is 0.0111. The van der Waals surface area contributed by atoms with Crippen LogP contribution in [0, 0.1) is 17.2 Å². The molecule has 0 unspecified atom stereocenters. The first-order chi connectivity index (χ1) is 14.0. The molecule has 9 heteroatoms. The maximum absolute atomic E-state index is 12.9. The SMILES string of the molecule is COc1cc(CNC(=O)C2CCN(S(=O)(=O)c3ccccc3C#N)CC2)ccn1. The highest BCUT2D eigenvalue weighted by molar-refractivity contribution is 7.89. The number of nitrogens with zero attached hydrogens (tertiary/aromatic N) is 3. The van der Waals surface area contributed by atoms with Crippen molar-refractivity contribution in [2.45, 2.75) is 24.3 Å². The molecule has 1 aromatic heterocycles. The van der Waals surface area contributed by atoms with Crippen LogP contribution in [-0.4, -0.2) is 43.8 Å². The zero-order valence-corrected chi connectivity index (χ0v) is 16.9. The van der Waals surface area contributed by atoms with Gasteiger partial charge in [-0.2, -0.15) is 9.57 Å². The first-order valence-electron chi connectivity index (χ1n) is 9.21. The Hall–Kier alpha value is -2.96. The Labute approximate surface area is 170 Å². The van der Waals surface area contributed by atoms with Crippen molar-refractivity contribution in [2.75, 3.05) is 20.2 Å². The molecular formula is C20H22N4O4S. The maximum Gasteiger partial charge on any atom is 0.244 e. The molecule has 2 heterocycles. The van der Waals surface area contributed by atoms with Crippen LogP contribution in [0.2, 0.25) is 0 Å². The zero-order chi connectivity index (χ0) is 20.9. The maximum atomic E-state index is 12.9. The number of aromatic nitrogens is 1. The first kappa shape index (κ1) is 20.8. The number of amides is 1. The van der Waals surface area contributed by atoms with Crippen molar-refractivity contribution in [3.63, 3.8) is 0 Å². The van der Waals surface area contributed by atoms with Crippen molar-refractivity contribution < 1.29 is 17.9 Å². The monoisotopic (exact) mass is 414 g/mol. The van der Waals surface area contributed by atoms with E-state index in [2.05, 4.69) is 10.3 Å². The Kier molecular flexibility index (Phi) is 6.46. The van der Waals surface area contributed by atoms with E-state index in [9.17, 15) is 18.5 Å². The zero-order valence-electron chi connectivity index (χ0n) is 16.0. The van der Waals surface area contributed by atoms with Crippen LogP contribution >= 0.6 is 0 Å². The van der Waals surface area contributed by atoms with Crippen LogP contribution in [-0.2, 0) is 21.4 Å². The van der Waals surface area contributed by atoms with Crippen molar-refractivity contribution in [3.05, 3.63) is 53.7 Å². The quantitative estimate of drug-likeness (QED) is 0.770. The molecule has 0 atom stereocenters. The lowest BCUT2D eigenvalue weighted by Gasteiger charge is -2.30. The second kappa shape index (κ2) is 9.03. The van der Waals surface area contributed by atoms with Crippen LogP contribution < -0.4 is 10.1 Å². The number of hydrogen-bond acceptors (Lipinski definition) is 6. The summed E-state index contributed by atoms with van der Waals surface area (Å²) < 4.78 is 32.2. The molecule has 1 saturated heterocycles. The normalized spacial score (nSPS) is 15.4. The lowest BCUT2D eigenvalue weighted by molar-refractivity contribution is -0.126. The molecule has 0 spiro atoms. The van der Waals surface area contributed by atoms with Crippen molar-refractivity contribution in [3.8, 4) is 11.9 Å². The summed E-state index contributed by atoms with van der Waals surface area (Å²) in [4.78, 5) is 16.5. The van der Waals surface area contributed by atoms with Gasteiger partial charge in [0.05, 0.1) is 17.6 Å². The third-order valence-corrected chi connectivity index (χ3v) is 6.88. The Bertz CT molecular complexity index is 1020. The number of carbonyl (C=O) groups excluding carboxylic acids is 1. The van der Waals surface area contributed by atoms with E-state index in [4.69, 9.17) is 4.74 Å². The third-order valence-electron chi connectivity index (χ3n) is 4.93. The summed E-state index contributed by atoms with van der Waals surface area (Å²) in [7, 11) is -2.23. The van der Waals surface area contributed by atoms with E-state index in [0.29, 0.717) is 25.3 Å². The van der Waals surface area contributed by atoms with Gasteiger partial charge in [0, 0.05) is 37.8 Å². The number of nitrogens with one attached hydrogen (secondary N) is 1. The molecule has 152 valence electrons. The summed E-state index contributed by atoms with van der Waals surface area (Å²) in [6.07, 6.45) is 2.47. The number of pyridine rings is 1. The number of hydrogen-bond donors (Lipinski definition) is 1. The van der Waals surface area contributed by atoms with Crippen molar-refractivity contribution >= 4 is 15.9 Å². The lowest BCUT2D eigenvalue weighted by atomic mass is 9.97. The first-order valence-corrected chi connectivity index (χ1v) is 10.7. The van der Waals surface area contributed by atoms with Crippen molar-refractivity contribution in [2.24, 2.45) is 5.92 Å².